The van der Waals surface area contributed by atoms with Crippen LogP contribution in [-0.2, 0) is 14.8 Å². The van der Waals surface area contributed by atoms with Crippen molar-refractivity contribution in [3.63, 3.8) is 0 Å². The molecule has 4 N–H and O–H groups in total. The molecule has 1 aromatic heterocycles. The number of amides is 3. The van der Waals surface area contributed by atoms with Crippen LogP contribution in [-0.4, -0.2) is 38.6 Å². The monoisotopic (exact) mass is 395 g/mol. The molecular weight excluding hydrogens is 374 g/mol. The highest BCUT2D eigenvalue weighted by Gasteiger charge is 2.28. The van der Waals surface area contributed by atoms with Crippen LogP contribution in [0.25, 0.3) is 0 Å². The summed E-state index contributed by atoms with van der Waals surface area (Å²) >= 11 is 0. The Kier molecular flexibility index (Phi) is 6.18. The third kappa shape index (κ3) is 5.05. The average molecular weight is 395 g/mol. The summed E-state index contributed by atoms with van der Waals surface area (Å²) < 4.78 is 32.0. The van der Waals surface area contributed by atoms with E-state index in [1.807, 2.05) is 0 Å². The summed E-state index contributed by atoms with van der Waals surface area (Å²) in [6, 6.07) is 4.96. The van der Waals surface area contributed by atoms with Gasteiger partial charge in [0.25, 0.3) is 0 Å². The number of aryl methyl sites for hydroxylation is 2. The molecular formula is C16H21N5O5S. The van der Waals surface area contributed by atoms with E-state index in [9.17, 15) is 18.0 Å². The third-order valence-electron chi connectivity index (χ3n) is 3.60. The molecule has 146 valence electrons. The number of urea groups is 1. The number of nitrogens with zero attached hydrogens (tertiary/aromatic N) is 1. The molecule has 0 aliphatic rings. The second-order valence-corrected chi connectivity index (χ2v) is 7.42. The molecule has 0 aliphatic carbocycles. The van der Waals surface area contributed by atoms with Gasteiger partial charge in [-0.1, -0.05) is 5.16 Å². The van der Waals surface area contributed by atoms with E-state index in [1.54, 1.807) is 24.3 Å². The Hall–Kier alpha value is -2.92. The van der Waals surface area contributed by atoms with Crippen molar-refractivity contribution in [3.05, 3.63) is 35.7 Å². The van der Waals surface area contributed by atoms with Crippen molar-refractivity contribution in [3.8, 4) is 0 Å². The number of benzene rings is 1. The predicted octanol–water partition coefficient (Wildman–Crippen LogP) is 1.35. The lowest BCUT2D eigenvalue weighted by Gasteiger charge is -2.14. The maximum absolute atomic E-state index is 12.4. The van der Waals surface area contributed by atoms with Crippen LogP contribution in [0.15, 0.2) is 33.7 Å². The van der Waals surface area contributed by atoms with Gasteiger partial charge < -0.3 is 20.5 Å². The number of hydrogen-bond acceptors (Lipinski definition) is 6. The summed E-state index contributed by atoms with van der Waals surface area (Å²) in [5.74, 6) is -0.399. The van der Waals surface area contributed by atoms with Crippen LogP contribution in [0.3, 0.4) is 0 Å². The number of carbonyl (C=O) groups is 2. The molecule has 10 nitrogen and oxygen atoms in total. The van der Waals surface area contributed by atoms with Gasteiger partial charge >= 0.3 is 6.03 Å². The first-order chi connectivity index (χ1) is 12.6. The fourth-order valence-corrected chi connectivity index (χ4v) is 3.82. The highest BCUT2D eigenvalue weighted by Crippen LogP contribution is 2.19. The topological polar surface area (TPSA) is 142 Å². The van der Waals surface area contributed by atoms with E-state index in [-0.39, 0.29) is 22.4 Å². The molecule has 1 heterocycles. The molecule has 0 saturated heterocycles. The van der Waals surface area contributed by atoms with Crippen molar-refractivity contribution in [2.24, 2.45) is 0 Å². The molecule has 1 atom stereocenters. The van der Waals surface area contributed by atoms with E-state index >= 15 is 0 Å². The van der Waals surface area contributed by atoms with Gasteiger partial charge in [0, 0.05) is 18.4 Å². The third-order valence-corrected chi connectivity index (χ3v) is 5.38. The van der Waals surface area contributed by atoms with E-state index < -0.39 is 22.0 Å². The van der Waals surface area contributed by atoms with Crippen LogP contribution in [0.4, 0.5) is 16.2 Å². The molecule has 2 rings (SSSR count). The van der Waals surface area contributed by atoms with Crippen LogP contribution >= 0.6 is 0 Å². The molecule has 0 saturated carbocycles. The van der Waals surface area contributed by atoms with Crippen LogP contribution < -0.4 is 20.7 Å². The normalized spacial score (nSPS) is 12.3. The summed E-state index contributed by atoms with van der Waals surface area (Å²) in [5, 5.41) is 11.2. The van der Waals surface area contributed by atoms with Gasteiger partial charge in [-0.2, -0.15) is 4.72 Å². The van der Waals surface area contributed by atoms with Crippen molar-refractivity contribution in [1.82, 2.24) is 15.2 Å². The Morgan fingerprint density at radius 3 is 2.11 bits per heavy atom. The maximum atomic E-state index is 12.4. The minimum atomic E-state index is -3.96. The number of aromatic nitrogens is 1. The molecule has 0 fully saturated rings. The lowest BCUT2D eigenvalue weighted by Crippen LogP contribution is -2.41. The zero-order valence-electron chi connectivity index (χ0n) is 15.3. The first-order valence-electron chi connectivity index (χ1n) is 7.99. The number of rotatable bonds is 6. The minimum absolute atomic E-state index is 0.0771. The SMILES string of the molecule is CNC(=O)Nc1ccc(NC(=O)[C@H](C)NS(=O)(=O)c2c(C)noc2C)cc1. The van der Waals surface area contributed by atoms with Gasteiger partial charge in [0.1, 0.15) is 10.6 Å². The van der Waals surface area contributed by atoms with Crippen molar-refractivity contribution in [1.29, 1.82) is 0 Å². The molecule has 0 aliphatic heterocycles. The largest absolute Gasteiger partial charge is 0.360 e. The van der Waals surface area contributed by atoms with Crippen LogP contribution in [0.1, 0.15) is 18.4 Å². The Morgan fingerprint density at radius 2 is 1.63 bits per heavy atom. The first kappa shape index (κ1) is 20.4. The van der Waals surface area contributed by atoms with E-state index in [4.69, 9.17) is 4.52 Å². The molecule has 0 unspecified atom stereocenters. The van der Waals surface area contributed by atoms with Crippen molar-refractivity contribution >= 4 is 33.3 Å². The Morgan fingerprint density at radius 1 is 1.07 bits per heavy atom. The highest BCUT2D eigenvalue weighted by molar-refractivity contribution is 7.89. The predicted molar refractivity (Wildman–Crippen MR) is 98.9 cm³/mol. The Bertz CT molecular complexity index is 917. The van der Waals surface area contributed by atoms with Gasteiger partial charge in [0.2, 0.25) is 15.9 Å². The van der Waals surface area contributed by atoms with Crippen LogP contribution in [0.5, 0.6) is 0 Å². The molecule has 11 heteroatoms. The Balaban J connectivity index is 2.02. The number of carbonyl (C=O) groups excluding carboxylic acids is 2. The fourth-order valence-electron chi connectivity index (χ4n) is 2.28. The lowest BCUT2D eigenvalue weighted by atomic mass is 10.2. The van der Waals surface area contributed by atoms with Crippen LogP contribution in [0, 0.1) is 13.8 Å². The summed E-state index contributed by atoms with van der Waals surface area (Å²) in [7, 11) is -2.46. The quantitative estimate of drug-likeness (QED) is 0.581. The number of hydrogen-bond donors (Lipinski definition) is 4. The molecule has 0 bridgehead atoms. The van der Waals surface area contributed by atoms with Crippen molar-refractivity contribution in [2.45, 2.75) is 31.7 Å². The molecule has 0 spiro atoms. The summed E-state index contributed by atoms with van der Waals surface area (Å²) in [5.41, 5.74) is 1.21. The fraction of sp³-hybridized carbons (Fsp3) is 0.312. The van der Waals surface area contributed by atoms with Crippen molar-refractivity contribution < 1.29 is 22.5 Å². The second-order valence-electron chi connectivity index (χ2n) is 5.77. The lowest BCUT2D eigenvalue weighted by molar-refractivity contribution is -0.117. The summed E-state index contributed by atoms with van der Waals surface area (Å²) in [6.07, 6.45) is 0. The number of sulfonamides is 1. The smallest absolute Gasteiger partial charge is 0.318 e. The first-order valence-corrected chi connectivity index (χ1v) is 9.47. The highest BCUT2D eigenvalue weighted by atomic mass is 32.2. The van der Waals surface area contributed by atoms with Gasteiger partial charge in [-0.05, 0) is 45.0 Å². The van der Waals surface area contributed by atoms with Gasteiger partial charge in [0.05, 0.1) is 6.04 Å². The van der Waals surface area contributed by atoms with Gasteiger partial charge in [-0.3, -0.25) is 4.79 Å². The van der Waals surface area contributed by atoms with Gasteiger partial charge in [-0.25, -0.2) is 13.2 Å². The zero-order chi connectivity index (χ0) is 20.2. The molecule has 0 radical (unpaired) electrons. The van der Waals surface area contributed by atoms with E-state index in [1.165, 1.54) is 27.8 Å². The van der Waals surface area contributed by atoms with Gasteiger partial charge in [-0.15, -0.1) is 0 Å². The summed E-state index contributed by atoms with van der Waals surface area (Å²) in [6.45, 7) is 4.41. The molecule has 27 heavy (non-hydrogen) atoms. The average Bonchev–Trinajstić information content (AvgIpc) is 2.95. The van der Waals surface area contributed by atoms with E-state index in [0.717, 1.165) is 0 Å². The molecule has 1 aromatic carbocycles. The second kappa shape index (κ2) is 8.18. The number of nitrogens with one attached hydrogen (secondary N) is 4. The van der Waals surface area contributed by atoms with Crippen LogP contribution in [0.2, 0.25) is 0 Å². The zero-order valence-corrected chi connectivity index (χ0v) is 16.1. The summed E-state index contributed by atoms with van der Waals surface area (Å²) in [4.78, 5) is 23.4. The molecule has 2 aromatic rings. The van der Waals surface area contributed by atoms with E-state index in [0.29, 0.717) is 11.4 Å². The maximum Gasteiger partial charge on any atom is 0.318 e. The number of anilines is 2. The molecule has 3 amide bonds. The van der Waals surface area contributed by atoms with Crippen molar-refractivity contribution in [2.75, 3.05) is 17.7 Å². The van der Waals surface area contributed by atoms with Gasteiger partial charge in [0.15, 0.2) is 5.76 Å². The Labute approximate surface area is 156 Å². The minimum Gasteiger partial charge on any atom is -0.360 e. The standard InChI is InChI=1S/C16H21N5O5S/c1-9-14(11(3)26-20-9)27(24,25)21-10(2)15(22)18-12-5-7-13(8-6-12)19-16(23)17-4/h5-8,10,21H,1-4H3,(H,18,22)(H2,17,19,23)/t10-/m0/s1. The van der Waals surface area contributed by atoms with E-state index in [2.05, 4.69) is 25.8 Å².